The van der Waals surface area contributed by atoms with Crippen molar-refractivity contribution >= 4 is 23.8 Å². The number of carbonyl (C=O) groups excluding carboxylic acids is 4. The summed E-state index contributed by atoms with van der Waals surface area (Å²) in [5.41, 5.74) is -0.818. The standard InChI is InChI=1S/C19H26N4O5/c1-13(16(25)20-11-14-7-6-10-28-14)21-15(24)12-23-17(26)19(22(2)18(23)27)8-4-3-5-9-19/h6-7,10,13H,3-5,8-9,11-12H2,1-2H3,(H,20,25)(H,21,24). The topological polar surface area (TPSA) is 112 Å². The third kappa shape index (κ3) is 3.74. The highest BCUT2D eigenvalue weighted by molar-refractivity contribution is 6.09. The Morgan fingerprint density at radius 3 is 2.61 bits per heavy atom. The highest BCUT2D eigenvalue weighted by Gasteiger charge is 2.55. The molecule has 1 aromatic heterocycles. The first kappa shape index (κ1) is 19.9. The molecule has 0 radical (unpaired) electrons. The van der Waals surface area contributed by atoms with Crippen molar-refractivity contribution < 1.29 is 23.6 Å². The van der Waals surface area contributed by atoms with Crippen LogP contribution in [0.15, 0.2) is 22.8 Å². The lowest BCUT2D eigenvalue weighted by atomic mass is 9.81. The molecule has 2 aliphatic rings. The SMILES string of the molecule is CC(NC(=O)CN1C(=O)N(C)C2(CCCCC2)C1=O)C(=O)NCc1ccco1. The van der Waals surface area contributed by atoms with Crippen molar-refractivity contribution in [2.24, 2.45) is 0 Å². The first-order chi connectivity index (χ1) is 13.3. The molecule has 1 saturated carbocycles. The molecule has 2 heterocycles. The number of rotatable bonds is 6. The summed E-state index contributed by atoms with van der Waals surface area (Å²) in [5.74, 6) is -0.654. The lowest BCUT2D eigenvalue weighted by Gasteiger charge is -2.35. The van der Waals surface area contributed by atoms with Crippen LogP contribution in [0.4, 0.5) is 4.79 Å². The zero-order valence-corrected chi connectivity index (χ0v) is 16.2. The molecular weight excluding hydrogens is 364 g/mol. The number of hydrogen-bond acceptors (Lipinski definition) is 5. The van der Waals surface area contributed by atoms with Gasteiger partial charge in [-0.25, -0.2) is 4.79 Å². The van der Waals surface area contributed by atoms with Gasteiger partial charge in [-0.15, -0.1) is 0 Å². The second-order valence-electron chi connectivity index (χ2n) is 7.41. The van der Waals surface area contributed by atoms with E-state index in [4.69, 9.17) is 4.42 Å². The van der Waals surface area contributed by atoms with Crippen molar-refractivity contribution in [2.45, 2.75) is 57.2 Å². The third-order valence-electron chi connectivity index (χ3n) is 5.57. The predicted molar refractivity (Wildman–Crippen MR) is 98.8 cm³/mol. The van der Waals surface area contributed by atoms with Crippen LogP contribution in [0.5, 0.6) is 0 Å². The minimum absolute atomic E-state index is 0.211. The number of furan rings is 1. The van der Waals surface area contributed by atoms with Gasteiger partial charge < -0.3 is 20.0 Å². The van der Waals surface area contributed by atoms with E-state index in [2.05, 4.69) is 10.6 Å². The molecule has 28 heavy (non-hydrogen) atoms. The number of amides is 5. The number of imide groups is 1. The van der Waals surface area contributed by atoms with Gasteiger partial charge in [0.2, 0.25) is 11.8 Å². The Hall–Kier alpha value is -2.84. The Morgan fingerprint density at radius 2 is 1.96 bits per heavy atom. The van der Waals surface area contributed by atoms with Crippen molar-refractivity contribution in [3.8, 4) is 0 Å². The van der Waals surface area contributed by atoms with E-state index < -0.39 is 23.5 Å². The van der Waals surface area contributed by atoms with E-state index in [1.807, 2.05) is 0 Å². The summed E-state index contributed by atoms with van der Waals surface area (Å²) < 4.78 is 5.13. The zero-order chi connectivity index (χ0) is 20.3. The molecule has 1 aromatic rings. The second kappa shape index (κ2) is 8.04. The van der Waals surface area contributed by atoms with Gasteiger partial charge in [-0.3, -0.25) is 19.3 Å². The minimum Gasteiger partial charge on any atom is -0.467 e. The molecular formula is C19H26N4O5. The molecule has 1 saturated heterocycles. The molecule has 9 nitrogen and oxygen atoms in total. The number of nitrogens with one attached hydrogen (secondary N) is 2. The van der Waals surface area contributed by atoms with E-state index in [9.17, 15) is 19.2 Å². The lowest BCUT2D eigenvalue weighted by molar-refractivity contribution is -0.137. The maximum atomic E-state index is 12.9. The fourth-order valence-electron chi connectivity index (χ4n) is 3.91. The molecule has 1 aliphatic carbocycles. The van der Waals surface area contributed by atoms with E-state index in [0.29, 0.717) is 18.6 Å². The lowest BCUT2D eigenvalue weighted by Crippen LogP contribution is -2.50. The van der Waals surface area contributed by atoms with Gasteiger partial charge in [0, 0.05) is 7.05 Å². The van der Waals surface area contributed by atoms with Crippen LogP contribution in [0, 0.1) is 0 Å². The quantitative estimate of drug-likeness (QED) is 0.704. The van der Waals surface area contributed by atoms with Crippen LogP contribution < -0.4 is 10.6 Å². The molecule has 1 spiro atoms. The summed E-state index contributed by atoms with van der Waals surface area (Å²) >= 11 is 0. The summed E-state index contributed by atoms with van der Waals surface area (Å²) in [6, 6.07) is 2.17. The van der Waals surface area contributed by atoms with E-state index in [-0.39, 0.29) is 24.9 Å². The van der Waals surface area contributed by atoms with Crippen molar-refractivity contribution in [3.05, 3.63) is 24.2 Å². The van der Waals surface area contributed by atoms with Gasteiger partial charge in [-0.05, 0) is 31.9 Å². The summed E-state index contributed by atoms with van der Waals surface area (Å²) in [5, 5.41) is 5.19. The van der Waals surface area contributed by atoms with Gasteiger partial charge in [0.1, 0.15) is 23.9 Å². The Bertz CT molecular complexity index is 754. The van der Waals surface area contributed by atoms with Crippen molar-refractivity contribution in [3.63, 3.8) is 0 Å². The number of hydrogen-bond donors (Lipinski definition) is 2. The van der Waals surface area contributed by atoms with E-state index in [1.165, 1.54) is 18.1 Å². The Morgan fingerprint density at radius 1 is 1.25 bits per heavy atom. The number of urea groups is 1. The average Bonchev–Trinajstić information content (AvgIpc) is 3.26. The van der Waals surface area contributed by atoms with E-state index in [0.717, 1.165) is 24.2 Å². The van der Waals surface area contributed by atoms with Crippen molar-refractivity contribution in [1.29, 1.82) is 0 Å². The molecule has 1 aliphatic heterocycles. The molecule has 1 atom stereocenters. The number of carbonyl (C=O) groups is 4. The number of likely N-dealkylation sites (N-methyl/N-ethyl adjacent to an activating group) is 1. The highest BCUT2D eigenvalue weighted by atomic mass is 16.3. The van der Waals surface area contributed by atoms with Gasteiger partial charge in [-0.1, -0.05) is 19.3 Å². The van der Waals surface area contributed by atoms with Crippen molar-refractivity contribution in [1.82, 2.24) is 20.4 Å². The summed E-state index contributed by atoms with van der Waals surface area (Å²) in [7, 11) is 1.62. The molecule has 5 amide bonds. The summed E-state index contributed by atoms with van der Waals surface area (Å²) in [4.78, 5) is 52.3. The summed E-state index contributed by atoms with van der Waals surface area (Å²) in [6.07, 6.45) is 5.57. The van der Waals surface area contributed by atoms with Crippen LogP contribution >= 0.6 is 0 Å². The fourth-order valence-corrected chi connectivity index (χ4v) is 3.91. The molecule has 2 fully saturated rings. The molecule has 1 unspecified atom stereocenters. The normalized spacial score (nSPS) is 19.8. The Balaban J connectivity index is 1.54. The molecule has 2 N–H and O–H groups in total. The smallest absolute Gasteiger partial charge is 0.327 e. The maximum Gasteiger partial charge on any atom is 0.327 e. The molecule has 152 valence electrons. The largest absolute Gasteiger partial charge is 0.467 e. The van der Waals surface area contributed by atoms with Crippen LogP contribution in [0.25, 0.3) is 0 Å². The minimum atomic E-state index is -0.818. The third-order valence-corrected chi connectivity index (χ3v) is 5.57. The van der Waals surface area contributed by atoms with Gasteiger partial charge in [-0.2, -0.15) is 0 Å². The first-order valence-corrected chi connectivity index (χ1v) is 9.54. The van der Waals surface area contributed by atoms with Crippen LogP contribution in [0.3, 0.4) is 0 Å². The summed E-state index contributed by atoms with van der Waals surface area (Å²) in [6.45, 7) is 1.36. The van der Waals surface area contributed by atoms with Crippen LogP contribution in [-0.2, 0) is 20.9 Å². The van der Waals surface area contributed by atoms with Crippen molar-refractivity contribution in [2.75, 3.05) is 13.6 Å². The van der Waals surface area contributed by atoms with Gasteiger partial charge in [0.25, 0.3) is 5.91 Å². The monoisotopic (exact) mass is 390 g/mol. The Labute approximate surface area is 163 Å². The average molecular weight is 390 g/mol. The van der Waals surface area contributed by atoms with Gasteiger partial charge in [0.15, 0.2) is 0 Å². The molecule has 0 aromatic carbocycles. The van der Waals surface area contributed by atoms with Crippen LogP contribution in [-0.4, -0.2) is 58.7 Å². The molecule has 0 bridgehead atoms. The number of nitrogens with zero attached hydrogens (tertiary/aromatic N) is 2. The second-order valence-corrected chi connectivity index (χ2v) is 7.41. The maximum absolute atomic E-state index is 12.9. The Kier molecular flexibility index (Phi) is 5.71. The van der Waals surface area contributed by atoms with Crippen LogP contribution in [0.2, 0.25) is 0 Å². The molecule has 3 rings (SSSR count). The van der Waals surface area contributed by atoms with Gasteiger partial charge >= 0.3 is 6.03 Å². The fraction of sp³-hybridized carbons (Fsp3) is 0.579. The zero-order valence-electron chi connectivity index (χ0n) is 16.2. The highest BCUT2D eigenvalue weighted by Crippen LogP contribution is 2.39. The molecule has 9 heteroatoms. The van der Waals surface area contributed by atoms with Crippen LogP contribution in [0.1, 0.15) is 44.8 Å². The van der Waals surface area contributed by atoms with E-state index >= 15 is 0 Å². The van der Waals surface area contributed by atoms with Gasteiger partial charge in [0.05, 0.1) is 12.8 Å². The predicted octanol–water partition coefficient (Wildman–Crippen LogP) is 0.997. The first-order valence-electron chi connectivity index (χ1n) is 9.54. The van der Waals surface area contributed by atoms with E-state index in [1.54, 1.807) is 19.2 Å².